The molecule has 1 aromatic carbocycles. The highest BCUT2D eigenvalue weighted by Crippen LogP contribution is 2.19. The maximum atomic E-state index is 11.4. The lowest BCUT2D eigenvalue weighted by Crippen LogP contribution is -2.18. The van der Waals surface area contributed by atoms with Crippen LogP contribution >= 0.6 is 0 Å². The van der Waals surface area contributed by atoms with Crippen LogP contribution in [0.4, 0.5) is 0 Å². The normalized spacial score (nSPS) is 12.1. The molecule has 19 heavy (non-hydrogen) atoms. The quantitative estimate of drug-likeness (QED) is 0.878. The van der Waals surface area contributed by atoms with Crippen molar-refractivity contribution in [1.82, 2.24) is 9.88 Å². The zero-order valence-corrected chi connectivity index (χ0v) is 12.2. The van der Waals surface area contributed by atoms with E-state index in [1.807, 2.05) is 18.2 Å². The van der Waals surface area contributed by atoms with Gasteiger partial charge in [0.2, 0.25) is 0 Å². The van der Waals surface area contributed by atoms with E-state index in [0.29, 0.717) is 6.54 Å². The van der Waals surface area contributed by atoms with Crippen LogP contribution in [-0.4, -0.2) is 31.5 Å². The molecule has 0 aliphatic carbocycles. The van der Waals surface area contributed by atoms with E-state index >= 15 is 0 Å². The lowest BCUT2D eigenvalue weighted by atomic mass is 10.2. The first-order chi connectivity index (χ1) is 9.01. The summed E-state index contributed by atoms with van der Waals surface area (Å²) in [6.45, 7) is 4.22. The molecule has 0 fully saturated rings. The highest BCUT2D eigenvalue weighted by molar-refractivity contribution is 7.90. The summed E-state index contributed by atoms with van der Waals surface area (Å²) in [5.41, 5.74) is 2.23. The average Bonchev–Trinajstić information content (AvgIpc) is 2.70. The van der Waals surface area contributed by atoms with E-state index in [1.54, 1.807) is 0 Å². The van der Waals surface area contributed by atoms with Crippen molar-refractivity contribution in [2.45, 2.75) is 20.0 Å². The van der Waals surface area contributed by atoms with Crippen LogP contribution in [0.3, 0.4) is 0 Å². The van der Waals surface area contributed by atoms with Crippen LogP contribution in [0.25, 0.3) is 10.9 Å². The fourth-order valence-corrected chi connectivity index (χ4v) is 2.70. The van der Waals surface area contributed by atoms with Crippen molar-refractivity contribution >= 4 is 20.7 Å². The van der Waals surface area contributed by atoms with Crippen LogP contribution in [-0.2, 0) is 22.9 Å². The minimum absolute atomic E-state index is 0.171. The van der Waals surface area contributed by atoms with E-state index in [-0.39, 0.29) is 5.75 Å². The predicted molar refractivity (Wildman–Crippen MR) is 79.0 cm³/mol. The molecule has 1 heterocycles. The fraction of sp³-hybridized carbons (Fsp3) is 0.429. The number of hydrogen-bond acceptors (Lipinski definition) is 3. The highest BCUT2D eigenvalue weighted by Gasteiger charge is 2.10. The monoisotopic (exact) mass is 280 g/mol. The molecule has 0 radical (unpaired) electrons. The number of para-hydroxylation sites is 1. The van der Waals surface area contributed by atoms with E-state index in [9.17, 15) is 8.42 Å². The Morgan fingerprint density at radius 2 is 2.00 bits per heavy atom. The summed E-state index contributed by atoms with van der Waals surface area (Å²) in [5, 5.41) is 4.45. The molecule has 0 aliphatic rings. The Kier molecular flexibility index (Phi) is 4.27. The third-order valence-corrected chi connectivity index (χ3v) is 4.06. The third kappa shape index (κ3) is 3.58. The summed E-state index contributed by atoms with van der Waals surface area (Å²) in [4.78, 5) is 0. The summed E-state index contributed by atoms with van der Waals surface area (Å²) in [5.74, 6) is 0.171. The predicted octanol–water partition coefficient (Wildman–Crippen LogP) is 1.80. The number of fused-ring (bicyclic) bond motifs is 1. The van der Waals surface area contributed by atoms with Crippen molar-refractivity contribution in [3.63, 3.8) is 0 Å². The van der Waals surface area contributed by atoms with E-state index in [0.717, 1.165) is 29.7 Å². The van der Waals surface area contributed by atoms with Gasteiger partial charge in [-0.2, -0.15) is 0 Å². The van der Waals surface area contributed by atoms with Crippen LogP contribution in [0, 0.1) is 0 Å². The molecule has 0 saturated carbocycles. The van der Waals surface area contributed by atoms with Crippen molar-refractivity contribution in [2.75, 3.05) is 18.6 Å². The first-order valence-electron chi connectivity index (χ1n) is 6.47. The molecule has 5 heteroatoms. The van der Waals surface area contributed by atoms with Gasteiger partial charge in [0, 0.05) is 30.6 Å². The number of hydrogen-bond donors (Lipinski definition) is 1. The first kappa shape index (κ1) is 14.1. The Bertz CT molecular complexity index is 659. The van der Waals surface area contributed by atoms with Gasteiger partial charge in [0.05, 0.1) is 5.75 Å². The maximum Gasteiger partial charge on any atom is 0.149 e. The molecule has 2 aromatic rings. The molecule has 0 unspecified atom stereocenters. The summed E-state index contributed by atoms with van der Waals surface area (Å²) in [7, 11) is -2.95. The summed E-state index contributed by atoms with van der Waals surface area (Å²) in [6.07, 6.45) is 1.28. The minimum atomic E-state index is -2.95. The van der Waals surface area contributed by atoms with Gasteiger partial charge in [0.15, 0.2) is 0 Å². The van der Waals surface area contributed by atoms with E-state index in [1.165, 1.54) is 6.26 Å². The number of aryl methyl sites for hydroxylation is 1. The minimum Gasteiger partial charge on any atom is -0.342 e. The first-order valence-corrected chi connectivity index (χ1v) is 8.53. The van der Waals surface area contributed by atoms with E-state index in [4.69, 9.17) is 0 Å². The summed E-state index contributed by atoms with van der Waals surface area (Å²) < 4.78 is 24.8. The number of benzene rings is 1. The second-order valence-corrected chi connectivity index (χ2v) is 7.02. The van der Waals surface area contributed by atoms with Crippen molar-refractivity contribution in [3.8, 4) is 0 Å². The Morgan fingerprint density at radius 1 is 1.26 bits per heavy atom. The standard InChI is InChI=1S/C14H20N2O2S/c1-3-15-11-13-10-12-6-4-5-7-14(12)16(13)8-9-19(2,17)18/h4-7,10,15H,3,8-9,11H2,1-2H3. The molecule has 0 bridgehead atoms. The Labute approximate surface area is 114 Å². The molecule has 0 spiro atoms. The highest BCUT2D eigenvalue weighted by atomic mass is 32.2. The van der Waals surface area contributed by atoms with E-state index in [2.05, 4.69) is 28.9 Å². The number of sulfone groups is 1. The molecular weight excluding hydrogens is 260 g/mol. The zero-order valence-electron chi connectivity index (χ0n) is 11.4. The molecule has 2 rings (SSSR count). The van der Waals surface area contributed by atoms with Gasteiger partial charge in [-0.15, -0.1) is 0 Å². The van der Waals surface area contributed by atoms with Gasteiger partial charge in [0.1, 0.15) is 9.84 Å². The third-order valence-electron chi connectivity index (χ3n) is 3.14. The van der Waals surface area contributed by atoms with Crippen LogP contribution in [0.5, 0.6) is 0 Å². The molecule has 0 saturated heterocycles. The lowest BCUT2D eigenvalue weighted by molar-refractivity contribution is 0.592. The van der Waals surface area contributed by atoms with Crippen LogP contribution in [0.15, 0.2) is 30.3 Å². The van der Waals surface area contributed by atoms with Crippen molar-refractivity contribution in [1.29, 1.82) is 0 Å². The molecule has 1 N–H and O–H groups in total. The Balaban J connectivity index is 2.36. The van der Waals surface area contributed by atoms with E-state index < -0.39 is 9.84 Å². The second kappa shape index (κ2) is 5.75. The SMILES string of the molecule is CCNCc1cc2ccccc2n1CCS(C)(=O)=O. The van der Waals surface area contributed by atoms with Gasteiger partial charge >= 0.3 is 0 Å². The molecule has 0 aliphatic heterocycles. The van der Waals surface area contributed by atoms with Crippen molar-refractivity contribution in [2.24, 2.45) is 0 Å². The average molecular weight is 280 g/mol. The zero-order chi connectivity index (χ0) is 13.9. The smallest absolute Gasteiger partial charge is 0.149 e. The number of nitrogens with one attached hydrogen (secondary N) is 1. The Morgan fingerprint density at radius 3 is 2.68 bits per heavy atom. The number of rotatable bonds is 6. The second-order valence-electron chi connectivity index (χ2n) is 4.76. The van der Waals surface area contributed by atoms with Gasteiger partial charge in [-0.1, -0.05) is 25.1 Å². The van der Waals surface area contributed by atoms with Crippen LogP contribution < -0.4 is 5.32 Å². The molecule has 1 aromatic heterocycles. The molecule has 4 nitrogen and oxygen atoms in total. The van der Waals surface area contributed by atoms with Gasteiger partial charge < -0.3 is 9.88 Å². The van der Waals surface area contributed by atoms with Crippen LogP contribution in [0.1, 0.15) is 12.6 Å². The fourth-order valence-electron chi connectivity index (χ4n) is 2.19. The number of aromatic nitrogens is 1. The lowest BCUT2D eigenvalue weighted by Gasteiger charge is -2.10. The number of nitrogens with zero attached hydrogens (tertiary/aromatic N) is 1. The molecule has 0 amide bonds. The van der Waals surface area contributed by atoms with Gasteiger partial charge in [0.25, 0.3) is 0 Å². The van der Waals surface area contributed by atoms with Gasteiger partial charge in [-0.3, -0.25) is 0 Å². The molecule has 0 atom stereocenters. The summed E-state index contributed by atoms with van der Waals surface area (Å²) in [6, 6.07) is 10.2. The molecule has 104 valence electrons. The van der Waals surface area contributed by atoms with Gasteiger partial charge in [-0.25, -0.2) is 8.42 Å². The van der Waals surface area contributed by atoms with Crippen molar-refractivity contribution < 1.29 is 8.42 Å². The Hall–Kier alpha value is -1.33. The molecular formula is C14H20N2O2S. The maximum absolute atomic E-state index is 11.4. The summed E-state index contributed by atoms with van der Waals surface area (Å²) >= 11 is 0. The largest absolute Gasteiger partial charge is 0.342 e. The van der Waals surface area contributed by atoms with Crippen LogP contribution in [0.2, 0.25) is 0 Å². The topological polar surface area (TPSA) is 51.1 Å². The van der Waals surface area contributed by atoms with Gasteiger partial charge in [-0.05, 0) is 24.1 Å². The van der Waals surface area contributed by atoms with Crippen molar-refractivity contribution in [3.05, 3.63) is 36.0 Å².